The lowest BCUT2D eigenvalue weighted by Crippen LogP contribution is -2.47. The maximum absolute atomic E-state index is 11.6. The van der Waals surface area contributed by atoms with Crippen molar-refractivity contribution >= 4 is 29.0 Å². The molecule has 0 saturated heterocycles. The molecule has 5 nitrogen and oxygen atoms in total. The number of nitrogens with one attached hydrogen (secondary N) is 1. The summed E-state index contributed by atoms with van der Waals surface area (Å²) in [7, 11) is 3.24. The van der Waals surface area contributed by atoms with Gasteiger partial charge in [0.2, 0.25) is 11.8 Å². The first-order chi connectivity index (χ1) is 6.69. The average Bonchev–Trinajstić information content (AvgIpc) is 2.12. The second-order valence-electron chi connectivity index (χ2n) is 3.96. The normalized spacial score (nSPS) is 10.7. The Labute approximate surface area is 95.0 Å². The molecule has 0 aliphatic carbocycles. The highest BCUT2D eigenvalue weighted by molar-refractivity contribution is 7.80. The molecule has 6 heteroatoms. The van der Waals surface area contributed by atoms with Crippen LogP contribution < -0.4 is 11.1 Å². The van der Waals surface area contributed by atoms with Crippen molar-refractivity contribution in [3.63, 3.8) is 0 Å². The molecule has 0 rings (SSSR count). The monoisotopic (exact) mass is 231 g/mol. The topological polar surface area (TPSA) is 75.4 Å². The van der Waals surface area contributed by atoms with Gasteiger partial charge in [-0.05, 0) is 13.8 Å². The fourth-order valence-electron chi connectivity index (χ4n) is 0.647. The smallest absolute Gasteiger partial charge is 0.241 e. The van der Waals surface area contributed by atoms with Gasteiger partial charge in [-0.2, -0.15) is 0 Å². The third-order valence-electron chi connectivity index (χ3n) is 2.08. The van der Waals surface area contributed by atoms with Crippen molar-refractivity contribution in [2.45, 2.75) is 13.8 Å². The van der Waals surface area contributed by atoms with Gasteiger partial charge in [0.15, 0.2) is 0 Å². The molecule has 0 saturated carbocycles. The molecule has 0 aromatic rings. The van der Waals surface area contributed by atoms with Gasteiger partial charge in [0.25, 0.3) is 0 Å². The summed E-state index contributed by atoms with van der Waals surface area (Å²) in [6.45, 7) is 3.19. The lowest BCUT2D eigenvalue weighted by Gasteiger charge is -2.22. The zero-order valence-electron chi connectivity index (χ0n) is 9.46. The fraction of sp³-hybridized carbons (Fsp3) is 0.667. The van der Waals surface area contributed by atoms with Gasteiger partial charge in [-0.3, -0.25) is 9.59 Å². The molecule has 0 heterocycles. The van der Waals surface area contributed by atoms with E-state index in [1.807, 2.05) is 0 Å². The van der Waals surface area contributed by atoms with E-state index in [-0.39, 0.29) is 23.3 Å². The number of carbonyl (C=O) groups is 2. The minimum Gasteiger partial charge on any atom is -0.392 e. The van der Waals surface area contributed by atoms with Gasteiger partial charge in [-0.25, -0.2) is 0 Å². The Morgan fingerprint density at radius 2 is 1.87 bits per heavy atom. The van der Waals surface area contributed by atoms with E-state index in [4.69, 9.17) is 18.0 Å². The van der Waals surface area contributed by atoms with Crippen molar-refractivity contribution in [3.05, 3.63) is 0 Å². The van der Waals surface area contributed by atoms with E-state index in [1.54, 1.807) is 27.9 Å². The quantitative estimate of drug-likeness (QED) is 0.640. The molecule has 0 unspecified atom stereocenters. The first-order valence-electron chi connectivity index (χ1n) is 4.48. The lowest BCUT2D eigenvalue weighted by atomic mass is 9.92. The number of thiocarbonyl (C=S) groups is 1. The number of rotatable bonds is 4. The van der Waals surface area contributed by atoms with Crippen LogP contribution in [0.4, 0.5) is 0 Å². The van der Waals surface area contributed by atoms with E-state index in [0.717, 1.165) is 0 Å². The van der Waals surface area contributed by atoms with Crippen molar-refractivity contribution in [1.29, 1.82) is 0 Å². The zero-order valence-corrected chi connectivity index (χ0v) is 10.3. The average molecular weight is 231 g/mol. The molecule has 2 amide bonds. The van der Waals surface area contributed by atoms with Gasteiger partial charge in [0.05, 0.1) is 16.9 Å². The van der Waals surface area contributed by atoms with E-state index in [2.05, 4.69) is 5.32 Å². The van der Waals surface area contributed by atoms with E-state index >= 15 is 0 Å². The van der Waals surface area contributed by atoms with Crippen molar-refractivity contribution in [2.24, 2.45) is 11.1 Å². The maximum atomic E-state index is 11.6. The Kier molecular flexibility index (Phi) is 4.67. The molecular weight excluding hydrogens is 214 g/mol. The summed E-state index contributed by atoms with van der Waals surface area (Å²) < 4.78 is 0. The summed E-state index contributed by atoms with van der Waals surface area (Å²) in [4.78, 5) is 24.3. The number of carbonyl (C=O) groups excluding carboxylic acids is 2. The molecule has 15 heavy (non-hydrogen) atoms. The minimum absolute atomic E-state index is 0.0438. The summed E-state index contributed by atoms with van der Waals surface area (Å²) in [5.41, 5.74) is 4.48. The van der Waals surface area contributed by atoms with Crippen LogP contribution in [-0.2, 0) is 9.59 Å². The van der Waals surface area contributed by atoms with Gasteiger partial charge in [0.1, 0.15) is 0 Å². The van der Waals surface area contributed by atoms with Crippen LogP contribution in [0.2, 0.25) is 0 Å². The second-order valence-corrected chi connectivity index (χ2v) is 4.40. The minimum atomic E-state index is -0.929. The molecule has 0 aliphatic heterocycles. The third-order valence-corrected chi connectivity index (χ3v) is 2.59. The molecule has 0 aromatic heterocycles. The Balaban J connectivity index is 4.28. The Bertz CT molecular complexity index is 287. The number of hydrogen-bond donors (Lipinski definition) is 2. The predicted molar refractivity (Wildman–Crippen MR) is 62.3 cm³/mol. The molecule has 0 atom stereocenters. The fourth-order valence-corrected chi connectivity index (χ4v) is 0.740. The van der Waals surface area contributed by atoms with Crippen LogP contribution in [0.5, 0.6) is 0 Å². The van der Waals surface area contributed by atoms with Crippen molar-refractivity contribution in [2.75, 3.05) is 20.6 Å². The van der Waals surface area contributed by atoms with Crippen LogP contribution in [-0.4, -0.2) is 42.3 Å². The van der Waals surface area contributed by atoms with E-state index in [9.17, 15) is 9.59 Å². The largest absolute Gasteiger partial charge is 0.392 e. The molecule has 0 aromatic carbocycles. The molecule has 0 bridgehead atoms. The van der Waals surface area contributed by atoms with Crippen molar-refractivity contribution in [3.8, 4) is 0 Å². The lowest BCUT2D eigenvalue weighted by molar-refractivity contribution is -0.132. The first kappa shape index (κ1) is 13.8. The predicted octanol–water partition coefficient (Wildman–Crippen LogP) is -0.497. The van der Waals surface area contributed by atoms with Crippen LogP contribution in [0, 0.1) is 5.41 Å². The molecule has 0 fully saturated rings. The third kappa shape index (κ3) is 3.83. The van der Waals surface area contributed by atoms with Crippen LogP contribution in [0.15, 0.2) is 0 Å². The van der Waals surface area contributed by atoms with Crippen LogP contribution >= 0.6 is 12.2 Å². The number of nitrogens with zero attached hydrogens (tertiary/aromatic N) is 1. The van der Waals surface area contributed by atoms with Crippen LogP contribution in [0.1, 0.15) is 13.8 Å². The highest BCUT2D eigenvalue weighted by Crippen LogP contribution is 2.14. The van der Waals surface area contributed by atoms with Gasteiger partial charge in [-0.15, -0.1) is 0 Å². The Morgan fingerprint density at radius 1 is 1.40 bits per heavy atom. The molecular formula is C9H17N3O2S. The van der Waals surface area contributed by atoms with Gasteiger partial charge < -0.3 is 16.0 Å². The van der Waals surface area contributed by atoms with Crippen LogP contribution in [0.25, 0.3) is 0 Å². The van der Waals surface area contributed by atoms with Gasteiger partial charge >= 0.3 is 0 Å². The van der Waals surface area contributed by atoms with E-state index in [1.165, 1.54) is 4.90 Å². The van der Waals surface area contributed by atoms with E-state index in [0.29, 0.717) is 0 Å². The number of hydrogen-bond acceptors (Lipinski definition) is 3. The number of nitrogens with two attached hydrogens (primary N) is 1. The van der Waals surface area contributed by atoms with Crippen molar-refractivity contribution in [1.82, 2.24) is 10.2 Å². The highest BCUT2D eigenvalue weighted by atomic mass is 32.1. The van der Waals surface area contributed by atoms with Gasteiger partial charge in [-0.1, -0.05) is 12.2 Å². The highest BCUT2D eigenvalue weighted by Gasteiger charge is 2.30. The van der Waals surface area contributed by atoms with Gasteiger partial charge in [0, 0.05) is 14.1 Å². The summed E-state index contributed by atoms with van der Waals surface area (Å²) in [6, 6.07) is 0. The SMILES string of the molecule is CN(C)C(=O)CNC(=O)C(C)(C)C(N)=S. The standard InChI is InChI=1S/C9H17N3O2S/c1-9(2,7(10)15)8(14)11-5-6(13)12(3)4/h5H2,1-4H3,(H2,10,15)(H,11,14). The molecule has 0 aliphatic rings. The zero-order chi connectivity index (χ0) is 12.2. The Hall–Kier alpha value is -1.17. The van der Waals surface area contributed by atoms with E-state index < -0.39 is 5.41 Å². The maximum Gasteiger partial charge on any atom is 0.241 e. The molecule has 86 valence electrons. The summed E-state index contributed by atoms with van der Waals surface area (Å²) in [5.74, 6) is -0.521. The number of likely N-dealkylation sites (N-methyl/N-ethyl adjacent to an activating group) is 1. The summed E-state index contributed by atoms with van der Waals surface area (Å²) >= 11 is 4.76. The first-order valence-corrected chi connectivity index (χ1v) is 4.88. The second kappa shape index (κ2) is 5.06. The van der Waals surface area contributed by atoms with Crippen LogP contribution in [0.3, 0.4) is 0 Å². The summed E-state index contributed by atoms with van der Waals surface area (Å²) in [5, 5.41) is 2.49. The molecule has 3 N–H and O–H groups in total. The Morgan fingerprint density at radius 3 is 2.20 bits per heavy atom. The summed E-state index contributed by atoms with van der Waals surface area (Å²) in [6.07, 6.45) is 0. The molecule has 0 spiro atoms. The number of amides is 2. The van der Waals surface area contributed by atoms with Crippen molar-refractivity contribution < 1.29 is 9.59 Å². The molecule has 0 radical (unpaired) electrons.